The molecule has 0 bridgehead atoms. The Balaban J connectivity index is 1.81. The summed E-state index contributed by atoms with van der Waals surface area (Å²) in [6.45, 7) is 5.01. The van der Waals surface area contributed by atoms with Crippen LogP contribution in [0.1, 0.15) is 57.6 Å². The van der Waals surface area contributed by atoms with Crippen LogP contribution in [0.5, 0.6) is 0 Å². The van der Waals surface area contributed by atoms with Gasteiger partial charge in [0.05, 0.1) is 51.6 Å². The number of aliphatic imine (C=N–C) groups is 2. The van der Waals surface area contributed by atoms with Gasteiger partial charge in [0.15, 0.2) is 0 Å². The fourth-order valence-electron chi connectivity index (χ4n) is 4.30. The highest BCUT2D eigenvalue weighted by atomic mass is 16.3. The van der Waals surface area contributed by atoms with Crippen LogP contribution in [0.15, 0.2) is 34.8 Å². The molecule has 8 nitrogen and oxygen atoms in total. The molecule has 3 rings (SSSR count). The third kappa shape index (κ3) is 4.57. The lowest BCUT2D eigenvalue weighted by Crippen LogP contribution is -2.43. The topological polar surface area (TPSA) is 88.5 Å². The summed E-state index contributed by atoms with van der Waals surface area (Å²) in [7, 11) is 5.57. The van der Waals surface area contributed by atoms with Crippen LogP contribution in [0, 0.1) is 5.92 Å². The third-order valence-corrected chi connectivity index (χ3v) is 6.17. The maximum Gasteiger partial charge on any atom is 0.291 e. The molecule has 1 fully saturated rings. The quantitative estimate of drug-likeness (QED) is 0.355. The van der Waals surface area contributed by atoms with Crippen LogP contribution < -0.4 is 19.3 Å². The molecule has 3 unspecified atom stereocenters. The van der Waals surface area contributed by atoms with Crippen molar-refractivity contribution < 1.29 is 19.3 Å². The molecular formula is C22H34N6O2. The zero-order valence-corrected chi connectivity index (χ0v) is 18.8. The Morgan fingerprint density at radius 3 is 2.17 bits per heavy atom. The zero-order chi connectivity index (χ0) is 21.8. The molecule has 30 heavy (non-hydrogen) atoms. The minimum Gasteiger partial charge on any atom is -0.853 e. The molecule has 164 valence electrons. The summed E-state index contributed by atoms with van der Waals surface area (Å²) in [5, 5.41) is 25.8. The second-order valence-electron chi connectivity index (χ2n) is 8.42. The number of nitrogens with zero attached hydrogens (tertiary/aromatic N) is 6. The standard InChI is InChI=1S/C22H34N6O2/c1-6-7-11-28-15-14-27(5)22(28)20(30)24-18-10-8-9-17(16(18)2)23-19(29)21-25(3)12-13-26(21)4/h12-18H,6-11H2,1-5H3. The van der Waals surface area contributed by atoms with Crippen LogP contribution in [-0.4, -0.2) is 33.0 Å². The van der Waals surface area contributed by atoms with Gasteiger partial charge < -0.3 is 10.2 Å². The first kappa shape index (κ1) is 22.1. The first-order chi connectivity index (χ1) is 14.3. The van der Waals surface area contributed by atoms with Crippen molar-refractivity contribution in [2.75, 3.05) is 0 Å². The Labute approximate surface area is 178 Å². The maximum atomic E-state index is 13.0. The largest absolute Gasteiger partial charge is 0.853 e. The SMILES string of the molecule is CCCCn1cc[n+](C)c1C([O-])=NC1CCCC(N=C([O-])c2n(C)cc[n+]2C)C1C. The smallest absolute Gasteiger partial charge is 0.291 e. The number of aryl methyl sites for hydroxylation is 4. The number of aromatic nitrogens is 4. The Morgan fingerprint density at radius 1 is 1.03 bits per heavy atom. The van der Waals surface area contributed by atoms with Crippen molar-refractivity contribution >= 4 is 11.8 Å². The fourth-order valence-corrected chi connectivity index (χ4v) is 4.30. The van der Waals surface area contributed by atoms with Crippen molar-refractivity contribution in [2.24, 2.45) is 37.0 Å². The molecule has 0 aromatic carbocycles. The van der Waals surface area contributed by atoms with Gasteiger partial charge in [0.1, 0.15) is 24.8 Å². The van der Waals surface area contributed by atoms with Crippen molar-refractivity contribution in [1.29, 1.82) is 0 Å². The van der Waals surface area contributed by atoms with Gasteiger partial charge in [0.2, 0.25) is 0 Å². The van der Waals surface area contributed by atoms with Crippen molar-refractivity contribution in [3.63, 3.8) is 0 Å². The molecule has 0 radical (unpaired) electrons. The van der Waals surface area contributed by atoms with E-state index in [9.17, 15) is 10.2 Å². The molecule has 2 aromatic heterocycles. The lowest BCUT2D eigenvalue weighted by Gasteiger charge is -2.33. The van der Waals surface area contributed by atoms with Crippen LogP contribution in [0.2, 0.25) is 0 Å². The molecule has 0 saturated heterocycles. The maximum absolute atomic E-state index is 13.0. The summed E-state index contributed by atoms with van der Waals surface area (Å²) in [6.07, 6.45) is 12.2. The summed E-state index contributed by atoms with van der Waals surface area (Å²) < 4.78 is 7.41. The van der Waals surface area contributed by atoms with Crippen LogP contribution in [0.25, 0.3) is 0 Å². The van der Waals surface area contributed by atoms with E-state index in [1.54, 1.807) is 9.13 Å². The molecule has 0 amide bonds. The average Bonchev–Trinajstić information content (AvgIpc) is 3.24. The highest BCUT2D eigenvalue weighted by Crippen LogP contribution is 2.29. The summed E-state index contributed by atoms with van der Waals surface area (Å²) in [5.41, 5.74) is 0. The number of rotatable bonds is 7. The molecule has 1 saturated carbocycles. The van der Waals surface area contributed by atoms with E-state index in [2.05, 4.69) is 23.8 Å². The van der Waals surface area contributed by atoms with Gasteiger partial charge in [-0.2, -0.15) is 0 Å². The minimum absolute atomic E-state index is 0.0431. The molecule has 0 spiro atoms. The van der Waals surface area contributed by atoms with Crippen LogP contribution in [0.3, 0.4) is 0 Å². The van der Waals surface area contributed by atoms with Gasteiger partial charge in [-0.05, 0) is 25.7 Å². The molecular weight excluding hydrogens is 380 g/mol. The van der Waals surface area contributed by atoms with E-state index in [4.69, 9.17) is 0 Å². The van der Waals surface area contributed by atoms with E-state index >= 15 is 0 Å². The summed E-state index contributed by atoms with van der Waals surface area (Å²) in [4.78, 5) is 9.10. The van der Waals surface area contributed by atoms with Gasteiger partial charge in [-0.3, -0.25) is 9.98 Å². The highest BCUT2D eigenvalue weighted by Gasteiger charge is 2.30. The number of hydrogen-bond acceptors (Lipinski definition) is 4. The number of unbranched alkanes of at least 4 members (excludes halogenated alkanes) is 1. The minimum atomic E-state index is -0.214. The Bertz CT molecular complexity index is 907. The fraction of sp³-hybridized carbons (Fsp3) is 0.636. The van der Waals surface area contributed by atoms with E-state index in [-0.39, 0.29) is 29.8 Å². The monoisotopic (exact) mass is 414 g/mol. The van der Waals surface area contributed by atoms with Crippen molar-refractivity contribution in [1.82, 2.24) is 9.13 Å². The van der Waals surface area contributed by atoms with E-state index in [1.807, 2.05) is 55.1 Å². The summed E-state index contributed by atoms with van der Waals surface area (Å²) in [5.74, 6) is 0.811. The van der Waals surface area contributed by atoms with Crippen molar-refractivity contribution in [3.05, 3.63) is 36.4 Å². The molecule has 1 aliphatic carbocycles. The van der Waals surface area contributed by atoms with Gasteiger partial charge in [0, 0.05) is 5.92 Å². The highest BCUT2D eigenvalue weighted by molar-refractivity contribution is 5.86. The molecule has 2 heterocycles. The summed E-state index contributed by atoms with van der Waals surface area (Å²) in [6, 6.07) is -0.243. The molecule has 8 heteroatoms. The van der Waals surface area contributed by atoms with E-state index < -0.39 is 0 Å². The second kappa shape index (κ2) is 9.45. The molecule has 2 aromatic rings. The predicted molar refractivity (Wildman–Crippen MR) is 111 cm³/mol. The van der Waals surface area contributed by atoms with Gasteiger partial charge in [-0.15, -0.1) is 0 Å². The Kier molecular flexibility index (Phi) is 6.95. The third-order valence-electron chi connectivity index (χ3n) is 6.17. The number of hydrogen-bond donors (Lipinski definition) is 0. The lowest BCUT2D eigenvalue weighted by atomic mass is 9.82. The second-order valence-corrected chi connectivity index (χ2v) is 8.42. The Hall–Kier alpha value is -2.64. The first-order valence-corrected chi connectivity index (χ1v) is 10.9. The predicted octanol–water partition coefficient (Wildman–Crippen LogP) is -0.253. The molecule has 0 N–H and O–H groups in total. The first-order valence-electron chi connectivity index (χ1n) is 10.9. The van der Waals surface area contributed by atoms with Gasteiger partial charge in [-0.25, -0.2) is 18.3 Å². The van der Waals surface area contributed by atoms with E-state index in [0.29, 0.717) is 11.6 Å². The normalized spacial score (nSPS) is 23.2. The number of imidazole rings is 2. The zero-order valence-electron chi connectivity index (χ0n) is 18.8. The van der Waals surface area contributed by atoms with Crippen LogP contribution >= 0.6 is 0 Å². The molecule has 0 aliphatic heterocycles. The van der Waals surface area contributed by atoms with E-state index in [0.717, 1.165) is 38.6 Å². The Morgan fingerprint density at radius 2 is 1.60 bits per heavy atom. The van der Waals surface area contributed by atoms with Crippen LogP contribution in [0.4, 0.5) is 0 Å². The lowest BCUT2D eigenvalue weighted by molar-refractivity contribution is -0.674. The molecule has 3 atom stereocenters. The van der Waals surface area contributed by atoms with Crippen molar-refractivity contribution in [3.8, 4) is 0 Å². The average molecular weight is 415 g/mol. The van der Waals surface area contributed by atoms with Gasteiger partial charge in [-0.1, -0.05) is 20.3 Å². The van der Waals surface area contributed by atoms with E-state index in [1.165, 1.54) is 0 Å². The van der Waals surface area contributed by atoms with Crippen molar-refractivity contribution in [2.45, 2.75) is 64.6 Å². The van der Waals surface area contributed by atoms with Gasteiger partial charge in [0.25, 0.3) is 11.6 Å². The summed E-state index contributed by atoms with van der Waals surface area (Å²) >= 11 is 0. The molecule has 1 aliphatic rings. The van der Waals surface area contributed by atoms with Gasteiger partial charge >= 0.3 is 0 Å². The van der Waals surface area contributed by atoms with Crippen LogP contribution in [-0.2, 0) is 27.7 Å².